The van der Waals surface area contributed by atoms with Gasteiger partial charge in [-0.1, -0.05) is 0 Å². The molecule has 1 rings (SSSR count). The number of nitrogens with zero attached hydrogens (tertiary/aromatic N) is 1. The van der Waals surface area contributed by atoms with Crippen LogP contribution in [0.25, 0.3) is 0 Å². The lowest BCUT2D eigenvalue weighted by Gasteiger charge is -1.98. The third-order valence-corrected chi connectivity index (χ3v) is 2.09. The number of rotatable bonds is 2. The molecule has 5 heteroatoms. The van der Waals surface area contributed by atoms with Crippen LogP contribution in [-0.2, 0) is 6.61 Å². The van der Waals surface area contributed by atoms with E-state index in [0.717, 1.165) is 3.57 Å². The third-order valence-electron chi connectivity index (χ3n) is 1.41. The molecule has 0 saturated carbocycles. The molecule has 0 radical (unpaired) electrons. The van der Waals surface area contributed by atoms with E-state index in [1.54, 1.807) is 12.1 Å². The SMILES string of the molecule is O=[N+]([O-])c1cc(I)ccc1CO. The van der Waals surface area contributed by atoms with Crippen LogP contribution in [0.4, 0.5) is 5.69 Å². The molecule has 0 bridgehead atoms. The van der Waals surface area contributed by atoms with Crippen molar-refractivity contribution in [3.8, 4) is 0 Å². The minimum Gasteiger partial charge on any atom is -0.391 e. The first-order valence-electron chi connectivity index (χ1n) is 3.19. The first-order chi connectivity index (χ1) is 5.65. The first kappa shape index (κ1) is 9.40. The Hall–Kier alpha value is -0.690. The molecule has 0 aliphatic rings. The van der Waals surface area contributed by atoms with Gasteiger partial charge in [0.05, 0.1) is 17.1 Å². The van der Waals surface area contributed by atoms with Crippen LogP contribution in [-0.4, -0.2) is 10.0 Å². The maximum absolute atomic E-state index is 10.4. The van der Waals surface area contributed by atoms with Gasteiger partial charge >= 0.3 is 0 Å². The highest BCUT2D eigenvalue weighted by atomic mass is 127. The number of aliphatic hydroxyl groups is 1. The smallest absolute Gasteiger partial charge is 0.275 e. The van der Waals surface area contributed by atoms with Crippen LogP contribution in [0.3, 0.4) is 0 Å². The monoisotopic (exact) mass is 279 g/mol. The van der Waals surface area contributed by atoms with E-state index in [2.05, 4.69) is 0 Å². The number of nitro groups is 1. The number of halogens is 1. The molecule has 0 aliphatic carbocycles. The van der Waals surface area contributed by atoms with Crippen LogP contribution < -0.4 is 0 Å². The van der Waals surface area contributed by atoms with Crippen molar-refractivity contribution in [1.29, 1.82) is 0 Å². The summed E-state index contributed by atoms with van der Waals surface area (Å²) in [5.74, 6) is 0. The molecule has 0 fully saturated rings. The van der Waals surface area contributed by atoms with Gasteiger partial charge in [0.25, 0.3) is 5.69 Å². The lowest BCUT2D eigenvalue weighted by Crippen LogP contribution is -1.95. The van der Waals surface area contributed by atoms with Crippen LogP contribution in [0.1, 0.15) is 5.56 Å². The van der Waals surface area contributed by atoms with Gasteiger partial charge in [-0.15, -0.1) is 0 Å². The van der Waals surface area contributed by atoms with E-state index in [1.165, 1.54) is 6.07 Å². The van der Waals surface area contributed by atoms with Gasteiger partial charge in [0, 0.05) is 9.64 Å². The Bertz CT molecular complexity index is 314. The van der Waals surface area contributed by atoms with E-state index < -0.39 is 4.92 Å². The average Bonchev–Trinajstić information content (AvgIpc) is 2.04. The number of hydrogen-bond acceptors (Lipinski definition) is 3. The Morgan fingerprint density at radius 1 is 1.58 bits per heavy atom. The zero-order chi connectivity index (χ0) is 9.14. The predicted octanol–water partition coefficient (Wildman–Crippen LogP) is 1.69. The highest BCUT2D eigenvalue weighted by Gasteiger charge is 2.12. The van der Waals surface area contributed by atoms with Gasteiger partial charge in [-0.05, 0) is 34.7 Å². The molecule has 0 heterocycles. The molecule has 0 unspecified atom stereocenters. The van der Waals surface area contributed by atoms with E-state index in [-0.39, 0.29) is 12.3 Å². The summed E-state index contributed by atoms with van der Waals surface area (Å²) < 4.78 is 0.788. The largest absolute Gasteiger partial charge is 0.391 e. The molecule has 0 spiro atoms. The lowest BCUT2D eigenvalue weighted by atomic mass is 10.2. The van der Waals surface area contributed by atoms with Crippen molar-refractivity contribution in [2.24, 2.45) is 0 Å². The number of benzene rings is 1. The van der Waals surface area contributed by atoms with E-state index in [4.69, 9.17) is 5.11 Å². The lowest BCUT2D eigenvalue weighted by molar-refractivity contribution is -0.385. The Morgan fingerprint density at radius 2 is 2.25 bits per heavy atom. The summed E-state index contributed by atoms with van der Waals surface area (Å²) in [4.78, 5) is 9.93. The third kappa shape index (κ3) is 1.92. The summed E-state index contributed by atoms with van der Waals surface area (Å²) in [7, 11) is 0. The van der Waals surface area contributed by atoms with Gasteiger partial charge in [-0.3, -0.25) is 10.1 Å². The summed E-state index contributed by atoms with van der Waals surface area (Å²) >= 11 is 1.99. The highest BCUT2D eigenvalue weighted by Crippen LogP contribution is 2.20. The topological polar surface area (TPSA) is 63.4 Å². The standard InChI is InChI=1S/C7H6INO3/c8-6-2-1-5(4-10)7(3-6)9(11)12/h1-3,10H,4H2. The van der Waals surface area contributed by atoms with Crippen molar-refractivity contribution in [1.82, 2.24) is 0 Å². The molecule has 4 nitrogen and oxygen atoms in total. The van der Waals surface area contributed by atoms with Crippen molar-refractivity contribution in [2.75, 3.05) is 0 Å². The van der Waals surface area contributed by atoms with E-state index in [9.17, 15) is 10.1 Å². The quantitative estimate of drug-likeness (QED) is 0.509. The summed E-state index contributed by atoms with van der Waals surface area (Å²) in [5.41, 5.74) is 0.324. The van der Waals surface area contributed by atoms with Crippen molar-refractivity contribution < 1.29 is 10.0 Å². The van der Waals surface area contributed by atoms with Gasteiger partial charge in [-0.25, -0.2) is 0 Å². The Labute approximate surface area is 82.5 Å². The van der Waals surface area contributed by atoms with Crippen molar-refractivity contribution in [2.45, 2.75) is 6.61 Å². The number of nitro benzene ring substituents is 1. The molecule has 12 heavy (non-hydrogen) atoms. The summed E-state index contributed by atoms with van der Waals surface area (Å²) in [6.07, 6.45) is 0. The predicted molar refractivity (Wildman–Crippen MR) is 51.7 cm³/mol. The first-order valence-corrected chi connectivity index (χ1v) is 4.26. The van der Waals surface area contributed by atoms with E-state index >= 15 is 0 Å². The fourth-order valence-corrected chi connectivity index (χ4v) is 1.32. The second-order valence-corrected chi connectivity index (χ2v) is 3.43. The van der Waals surface area contributed by atoms with E-state index in [1.807, 2.05) is 22.6 Å². The summed E-state index contributed by atoms with van der Waals surface area (Å²) in [6.45, 7) is -0.298. The van der Waals surface area contributed by atoms with Crippen molar-refractivity contribution >= 4 is 28.3 Å². The van der Waals surface area contributed by atoms with Gasteiger partial charge in [0.15, 0.2) is 0 Å². The number of hydrogen-bond donors (Lipinski definition) is 1. The Balaban J connectivity index is 3.21. The fourth-order valence-electron chi connectivity index (χ4n) is 0.841. The van der Waals surface area contributed by atoms with E-state index in [0.29, 0.717) is 5.56 Å². The summed E-state index contributed by atoms with van der Waals surface area (Å²) in [6, 6.07) is 4.71. The highest BCUT2D eigenvalue weighted by molar-refractivity contribution is 14.1. The molecule has 0 aromatic heterocycles. The van der Waals surface area contributed by atoms with Crippen LogP contribution in [0.5, 0.6) is 0 Å². The zero-order valence-corrected chi connectivity index (χ0v) is 8.19. The molecular formula is C7H6INO3. The molecule has 0 saturated heterocycles. The normalized spacial score (nSPS) is 9.83. The summed E-state index contributed by atoms with van der Waals surface area (Å²) in [5, 5.41) is 19.2. The fraction of sp³-hybridized carbons (Fsp3) is 0.143. The van der Waals surface area contributed by atoms with Crippen molar-refractivity contribution in [3.05, 3.63) is 37.4 Å². The molecule has 0 atom stereocenters. The molecule has 1 aromatic carbocycles. The molecule has 1 aromatic rings. The van der Waals surface area contributed by atoms with Crippen LogP contribution in [0.15, 0.2) is 18.2 Å². The molecule has 0 amide bonds. The van der Waals surface area contributed by atoms with Gasteiger partial charge < -0.3 is 5.11 Å². The maximum Gasteiger partial charge on any atom is 0.275 e. The maximum atomic E-state index is 10.4. The molecule has 1 N–H and O–H groups in total. The second kappa shape index (κ2) is 3.81. The van der Waals surface area contributed by atoms with Crippen LogP contribution >= 0.6 is 22.6 Å². The molecular weight excluding hydrogens is 273 g/mol. The molecule has 64 valence electrons. The van der Waals surface area contributed by atoms with Crippen molar-refractivity contribution in [3.63, 3.8) is 0 Å². The average molecular weight is 279 g/mol. The minimum atomic E-state index is -0.492. The van der Waals surface area contributed by atoms with Gasteiger partial charge in [0.1, 0.15) is 0 Å². The molecule has 0 aliphatic heterocycles. The van der Waals surface area contributed by atoms with Crippen LogP contribution in [0, 0.1) is 13.7 Å². The van der Waals surface area contributed by atoms with Gasteiger partial charge in [-0.2, -0.15) is 0 Å². The number of aliphatic hydroxyl groups excluding tert-OH is 1. The van der Waals surface area contributed by atoms with Crippen LogP contribution in [0.2, 0.25) is 0 Å². The zero-order valence-electron chi connectivity index (χ0n) is 6.03. The second-order valence-electron chi connectivity index (χ2n) is 2.19. The van der Waals surface area contributed by atoms with Gasteiger partial charge in [0.2, 0.25) is 0 Å². The minimum absolute atomic E-state index is 0.0237. The Kier molecular flexibility index (Phi) is 2.99. The Morgan fingerprint density at radius 3 is 2.75 bits per heavy atom.